The molecule has 0 radical (unpaired) electrons. The van der Waals surface area contributed by atoms with E-state index in [9.17, 15) is 9.59 Å². The highest BCUT2D eigenvalue weighted by Gasteiger charge is 2.06. The molecule has 0 aliphatic carbocycles. The number of aromatic nitrogens is 2. The van der Waals surface area contributed by atoms with Gasteiger partial charge in [0.25, 0.3) is 0 Å². The van der Waals surface area contributed by atoms with Crippen LogP contribution in [0.15, 0.2) is 42.7 Å². The molecule has 0 fully saturated rings. The van der Waals surface area contributed by atoms with Gasteiger partial charge in [0.15, 0.2) is 6.29 Å². The van der Waals surface area contributed by atoms with Crippen LogP contribution in [0.5, 0.6) is 0 Å². The Balaban J connectivity index is 1.84. The Morgan fingerprint density at radius 1 is 1.33 bits per heavy atom. The van der Waals surface area contributed by atoms with E-state index in [2.05, 4.69) is 5.10 Å². The van der Waals surface area contributed by atoms with Gasteiger partial charge >= 0.3 is 5.97 Å². The van der Waals surface area contributed by atoms with Gasteiger partial charge in [0.05, 0.1) is 11.8 Å². The Morgan fingerprint density at radius 3 is 2.78 bits per heavy atom. The molecular formula is C13H12N2O3. The van der Waals surface area contributed by atoms with E-state index < -0.39 is 0 Å². The zero-order valence-corrected chi connectivity index (χ0v) is 9.65. The molecule has 0 atom stereocenters. The number of benzene rings is 1. The van der Waals surface area contributed by atoms with Crippen LogP contribution >= 0.6 is 0 Å². The summed E-state index contributed by atoms with van der Waals surface area (Å²) in [6.07, 6.45) is 3.58. The van der Waals surface area contributed by atoms with Crippen molar-refractivity contribution in [3.05, 3.63) is 53.9 Å². The van der Waals surface area contributed by atoms with Gasteiger partial charge in [0.2, 0.25) is 0 Å². The fraction of sp³-hybridized carbons (Fsp3) is 0.154. The Morgan fingerprint density at radius 2 is 2.11 bits per heavy atom. The molecule has 5 nitrogen and oxygen atoms in total. The third kappa shape index (κ3) is 3.28. The molecule has 2 rings (SSSR count). The summed E-state index contributed by atoms with van der Waals surface area (Å²) in [5.41, 5.74) is 1.37. The monoisotopic (exact) mass is 244 g/mol. The summed E-state index contributed by atoms with van der Waals surface area (Å²) in [4.78, 5) is 22.0. The van der Waals surface area contributed by atoms with Crippen LogP contribution in [-0.2, 0) is 22.7 Å². The summed E-state index contributed by atoms with van der Waals surface area (Å²) in [6, 6.07) is 9.42. The molecule has 5 heteroatoms. The van der Waals surface area contributed by atoms with E-state index in [0.29, 0.717) is 11.8 Å². The number of nitrogens with zero attached hydrogens (tertiary/aromatic N) is 2. The van der Waals surface area contributed by atoms with Crippen LogP contribution in [0.1, 0.15) is 15.9 Å². The van der Waals surface area contributed by atoms with Crippen molar-refractivity contribution in [2.24, 2.45) is 0 Å². The minimum absolute atomic E-state index is 0.000668. The van der Waals surface area contributed by atoms with E-state index in [1.54, 1.807) is 0 Å². The lowest BCUT2D eigenvalue weighted by molar-refractivity contribution is -0.145. The standard InChI is InChI=1S/C13H12N2O3/c16-9-12-6-14-15(7-12)8-13(17)18-10-11-4-2-1-3-5-11/h1-7,9H,8,10H2. The van der Waals surface area contributed by atoms with E-state index in [1.807, 2.05) is 30.3 Å². The fourth-order valence-electron chi connectivity index (χ4n) is 1.44. The summed E-state index contributed by atoms with van der Waals surface area (Å²) < 4.78 is 6.46. The molecule has 0 amide bonds. The van der Waals surface area contributed by atoms with Gasteiger partial charge in [-0.15, -0.1) is 0 Å². The van der Waals surface area contributed by atoms with Crippen molar-refractivity contribution in [1.29, 1.82) is 0 Å². The highest BCUT2D eigenvalue weighted by Crippen LogP contribution is 2.01. The Kier molecular flexibility index (Phi) is 3.86. The van der Waals surface area contributed by atoms with Crippen LogP contribution < -0.4 is 0 Å². The molecule has 0 aliphatic heterocycles. The lowest BCUT2D eigenvalue weighted by Gasteiger charge is -2.04. The summed E-state index contributed by atoms with van der Waals surface area (Å²) in [6.45, 7) is 0.238. The van der Waals surface area contributed by atoms with E-state index in [0.717, 1.165) is 5.56 Å². The number of rotatable bonds is 5. The van der Waals surface area contributed by atoms with E-state index in [-0.39, 0.29) is 19.1 Å². The summed E-state index contributed by atoms with van der Waals surface area (Å²) in [5, 5.41) is 3.87. The van der Waals surface area contributed by atoms with Crippen molar-refractivity contribution in [3.63, 3.8) is 0 Å². The molecule has 0 saturated carbocycles. The number of esters is 1. The molecule has 0 unspecified atom stereocenters. The predicted octanol–water partition coefficient (Wildman–Crippen LogP) is 1.44. The molecule has 0 bridgehead atoms. The zero-order chi connectivity index (χ0) is 12.8. The van der Waals surface area contributed by atoms with Gasteiger partial charge in [-0.25, -0.2) is 0 Å². The van der Waals surface area contributed by atoms with Crippen LogP contribution in [0.4, 0.5) is 0 Å². The summed E-state index contributed by atoms with van der Waals surface area (Å²) >= 11 is 0. The van der Waals surface area contributed by atoms with Crippen molar-refractivity contribution in [1.82, 2.24) is 9.78 Å². The maximum absolute atomic E-state index is 11.5. The molecule has 2 aromatic rings. The van der Waals surface area contributed by atoms with Crippen molar-refractivity contribution in [2.45, 2.75) is 13.2 Å². The minimum Gasteiger partial charge on any atom is -0.459 e. The second kappa shape index (κ2) is 5.77. The highest BCUT2D eigenvalue weighted by molar-refractivity contribution is 5.74. The number of carbonyl (C=O) groups excluding carboxylic acids is 2. The maximum atomic E-state index is 11.5. The van der Waals surface area contributed by atoms with Crippen molar-refractivity contribution in [2.75, 3.05) is 0 Å². The topological polar surface area (TPSA) is 61.2 Å². The predicted molar refractivity (Wildman–Crippen MR) is 63.9 cm³/mol. The third-order valence-corrected chi connectivity index (χ3v) is 2.32. The first-order valence-corrected chi connectivity index (χ1v) is 5.45. The highest BCUT2D eigenvalue weighted by atomic mass is 16.5. The van der Waals surface area contributed by atoms with E-state index in [1.165, 1.54) is 17.1 Å². The van der Waals surface area contributed by atoms with Crippen LogP contribution in [-0.4, -0.2) is 22.0 Å². The molecule has 18 heavy (non-hydrogen) atoms. The summed E-state index contributed by atoms with van der Waals surface area (Å²) in [5.74, 6) is -0.389. The molecule has 92 valence electrons. The van der Waals surface area contributed by atoms with Crippen LogP contribution in [0.2, 0.25) is 0 Å². The molecular weight excluding hydrogens is 232 g/mol. The van der Waals surface area contributed by atoms with Gasteiger partial charge in [-0.05, 0) is 5.56 Å². The van der Waals surface area contributed by atoms with Gasteiger partial charge in [-0.1, -0.05) is 30.3 Å². The van der Waals surface area contributed by atoms with Gasteiger partial charge in [0.1, 0.15) is 13.2 Å². The van der Waals surface area contributed by atoms with Gasteiger partial charge in [0, 0.05) is 6.20 Å². The molecule has 0 N–H and O–H groups in total. The first-order valence-electron chi connectivity index (χ1n) is 5.45. The minimum atomic E-state index is -0.389. The number of ether oxygens (including phenoxy) is 1. The van der Waals surface area contributed by atoms with Gasteiger partial charge < -0.3 is 4.74 Å². The average molecular weight is 244 g/mol. The number of hydrogen-bond acceptors (Lipinski definition) is 4. The Bertz CT molecular complexity index is 534. The molecule has 1 aromatic heterocycles. The smallest absolute Gasteiger partial charge is 0.328 e. The van der Waals surface area contributed by atoms with E-state index in [4.69, 9.17) is 4.74 Å². The van der Waals surface area contributed by atoms with Crippen molar-refractivity contribution >= 4 is 12.3 Å². The molecule has 0 spiro atoms. The molecule has 1 aromatic carbocycles. The van der Waals surface area contributed by atoms with Gasteiger partial charge in [-0.2, -0.15) is 5.10 Å². The maximum Gasteiger partial charge on any atom is 0.328 e. The first-order chi connectivity index (χ1) is 8.78. The van der Waals surface area contributed by atoms with E-state index >= 15 is 0 Å². The van der Waals surface area contributed by atoms with Crippen LogP contribution in [0.25, 0.3) is 0 Å². The Hall–Kier alpha value is -2.43. The van der Waals surface area contributed by atoms with Gasteiger partial charge in [-0.3, -0.25) is 14.3 Å². The zero-order valence-electron chi connectivity index (χ0n) is 9.65. The lowest BCUT2D eigenvalue weighted by atomic mass is 10.2. The largest absolute Gasteiger partial charge is 0.459 e. The molecule has 1 heterocycles. The molecule has 0 saturated heterocycles. The van der Waals surface area contributed by atoms with Crippen LogP contribution in [0, 0.1) is 0 Å². The number of aldehydes is 1. The lowest BCUT2D eigenvalue weighted by Crippen LogP contribution is -2.13. The summed E-state index contributed by atoms with van der Waals surface area (Å²) in [7, 11) is 0. The second-order valence-electron chi connectivity index (χ2n) is 3.74. The SMILES string of the molecule is O=Cc1cnn(CC(=O)OCc2ccccc2)c1. The van der Waals surface area contributed by atoms with Crippen molar-refractivity contribution in [3.8, 4) is 0 Å². The Labute approximate surface area is 104 Å². The van der Waals surface area contributed by atoms with Crippen LogP contribution in [0.3, 0.4) is 0 Å². The normalized spacial score (nSPS) is 10.0. The number of hydrogen-bond donors (Lipinski definition) is 0. The van der Waals surface area contributed by atoms with Crippen molar-refractivity contribution < 1.29 is 14.3 Å². The third-order valence-electron chi connectivity index (χ3n) is 2.32. The fourth-order valence-corrected chi connectivity index (χ4v) is 1.44. The second-order valence-corrected chi connectivity index (χ2v) is 3.74. The quantitative estimate of drug-likeness (QED) is 0.589. The average Bonchev–Trinajstić information content (AvgIpc) is 2.85. The molecule has 0 aliphatic rings. The first kappa shape index (κ1) is 12.0. The number of carbonyl (C=O) groups is 2.